The lowest BCUT2D eigenvalue weighted by molar-refractivity contribution is -0.0593. The molecule has 0 radical (unpaired) electrons. The van der Waals surface area contributed by atoms with Crippen molar-refractivity contribution in [2.24, 2.45) is 23.2 Å². The summed E-state index contributed by atoms with van der Waals surface area (Å²) in [6.07, 6.45) is 14.9. The van der Waals surface area contributed by atoms with Crippen LogP contribution in [0.15, 0.2) is 24.5 Å². The molecule has 0 unspecified atom stereocenters. The van der Waals surface area contributed by atoms with E-state index in [9.17, 15) is 10.1 Å². The molecule has 150 valence electrons. The van der Waals surface area contributed by atoms with Crippen LogP contribution in [0.25, 0.3) is 0 Å². The molecule has 4 bridgehead atoms. The van der Waals surface area contributed by atoms with Gasteiger partial charge < -0.3 is 10.2 Å². The van der Waals surface area contributed by atoms with E-state index in [4.69, 9.17) is 0 Å². The summed E-state index contributed by atoms with van der Waals surface area (Å²) < 4.78 is 0. The molecule has 1 aromatic heterocycles. The van der Waals surface area contributed by atoms with Gasteiger partial charge in [0.25, 0.3) is 0 Å². The molecule has 4 saturated carbocycles. The normalized spacial score (nSPS) is 30.0. The molecule has 4 aliphatic rings. The van der Waals surface area contributed by atoms with Gasteiger partial charge in [-0.2, -0.15) is 5.26 Å². The molecule has 2 amide bonds. The van der Waals surface area contributed by atoms with Crippen LogP contribution in [0.3, 0.4) is 0 Å². The van der Waals surface area contributed by atoms with Gasteiger partial charge >= 0.3 is 6.03 Å². The number of pyridine rings is 1. The zero-order valence-corrected chi connectivity index (χ0v) is 16.8. The SMILES string of the molecule is N#CCN(CCC12CC3CC(CC(C3)C1)C2)C(=O)NCCCc1ccncc1. The van der Waals surface area contributed by atoms with Gasteiger partial charge in [0.05, 0.1) is 6.07 Å². The fourth-order valence-corrected chi connectivity index (χ4v) is 6.46. The van der Waals surface area contributed by atoms with E-state index in [-0.39, 0.29) is 12.6 Å². The summed E-state index contributed by atoms with van der Waals surface area (Å²) in [7, 11) is 0. The Labute approximate surface area is 168 Å². The largest absolute Gasteiger partial charge is 0.338 e. The van der Waals surface area contributed by atoms with Crippen molar-refractivity contribution >= 4 is 6.03 Å². The lowest BCUT2D eigenvalue weighted by Crippen LogP contribution is -2.48. The maximum absolute atomic E-state index is 12.6. The van der Waals surface area contributed by atoms with Gasteiger partial charge in [-0.1, -0.05) is 0 Å². The van der Waals surface area contributed by atoms with E-state index in [2.05, 4.69) is 16.4 Å². The highest BCUT2D eigenvalue weighted by Gasteiger charge is 2.50. The number of amides is 2. The van der Waals surface area contributed by atoms with Crippen molar-refractivity contribution in [1.29, 1.82) is 5.26 Å². The molecule has 4 aliphatic carbocycles. The molecule has 0 aromatic carbocycles. The molecule has 0 aliphatic heterocycles. The molecule has 4 fully saturated rings. The lowest BCUT2D eigenvalue weighted by Gasteiger charge is -2.57. The standard InChI is InChI=1S/C23H32N4O/c24-6-11-27(22(28)26-7-1-2-18-3-8-25-9-4-18)10-5-23-15-19-12-20(16-23)14-21(13-19)17-23/h3-4,8-9,19-21H,1-2,5,7,10-17H2,(H,26,28). The van der Waals surface area contributed by atoms with Gasteiger partial charge in [0.15, 0.2) is 0 Å². The highest BCUT2D eigenvalue weighted by atomic mass is 16.2. The Balaban J connectivity index is 1.24. The van der Waals surface area contributed by atoms with Gasteiger partial charge in [-0.15, -0.1) is 0 Å². The van der Waals surface area contributed by atoms with Crippen molar-refractivity contribution in [3.05, 3.63) is 30.1 Å². The average Bonchev–Trinajstić information content (AvgIpc) is 2.68. The smallest absolute Gasteiger partial charge is 0.318 e. The van der Waals surface area contributed by atoms with Crippen LogP contribution in [0.1, 0.15) is 56.9 Å². The van der Waals surface area contributed by atoms with Gasteiger partial charge in [0.1, 0.15) is 6.54 Å². The highest BCUT2D eigenvalue weighted by molar-refractivity contribution is 5.74. The molecule has 0 atom stereocenters. The van der Waals surface area contributed by atoms with E-state index in [1.54, 1.807) is 17.3 Å². The Bertz CT molecular complexity index is 676. The zero-order valence-electron chi connectivity index (χ0n) is 16.8. The van der Waals surface area contributed by atoms with Gasteiger partial charge in [0, 0.05) is 25.5 Å². The summed E-state index contributed by atoms with van der Waals surface area (Å²) in [4.78, 5) is 18.4. The Morgan fingerprint density at radius 1 is 1.18 bits per heavy atom. The third kappa shape index (κ3) is 4.48. The second-order valence-electron chi connectivity index (χ2n) is 9.44. The maximum Gasteiger partial charge on any atom is 0.318 e. The van der Waals surface area contributed by atoms with E-state index in [0.717, 1.165) is 43.6 Å². The second kappa shape index (κ2) is 8.51. The first-order valence-corrected chi connectivity index (χ1v) is 10.9. The summed E-state index contributed by atoms with van der Waals surface area (Å²) >= 11 is 0. The van der Waals surface area contributed by atoms with Gasteiger partial charge in [-0.05, 0) is 98.7 Å². The van der Waals surface area contributed by atoms with Crippen LogP contribution < -0.4 is 5.32 Å². The number of carbonyl (C=O) groups is 1. The minimum atomic E-state index is -0.0824. The average molecular weight is 381 g/mol. The van der Waals surface area contributed by atoms with Crippen LogP contribution in [0.4, 0.5) is 4.79 Å². The van der Waals surface area contributed by atoms with Crippen LogP contribution in [0, 0.1) is 34.5 Å². The fraction of sp³-hybridized carbons (Fsp3) is 0.696. The maximum atomic E-state index is 12.6. The molecule has 28 heavy (non-hydrogen) atoms. The van der Waals surface area contributed by atoms with E-state index < -0.39 is 0 Å². The van der Waals surface area contributed by atoms with Gasteiger partial charge in [-0.25, -0.2) is 4.79 Å². The van der Waals surface area contributed by atoms with Crippen LogP contribution in [0.2, 0.25) is 0 Å². The van der Waals surface area contributed by atoms with Crippen molar-refractivity contribution in [3.63, 3.8) is 0 Å². The number of rotatable bonds is 8. The number of nitrogens with zero attached hydrogens (tertiary/aromatic N) is 3. The van der Waals surface area contributed by atoms with Crippen molar-refractivity contribution in [1.82, 2.24) is 15.2 Å². The number of aromatic nitrogens is 1. The van der Waals surface area contributed by atoms with Crippen molar-refractivity contribution < 1.29 is 4.79 Å². The Morgan fingerprint density at radius 3 is 2.43 bits per heavy atom. The minimum absolute atomic E-state index is 0.0824. The quantitative estimate of drug-likeness (QED) is 0.544. The number of urea groups is 1. The first-order chi connectivity index (χ1) is 13.7. The van der Waals surface area contributed by atoms with Crippen LogP contribution in [0.5, 0.6) is 0 Å². The Morgan fingerprint density at radius 2 is 1.82 bits per heavy atom. The van der Waals surface area contributed by atoms with Crippen molar-refractivity contribution in [2.45, 2.75) is 57.8 Å². The summed E-state index contributed by atoms with van der Waals surface area (Å²) in [6, 6.07) is 6.12. The molecule has 1 aromatic rings. The number of nitrogens with one attached hydrogen (secondary N) is 1. The third-order valence-electron chi connectivity index (χ3n) is 7.29. The van der Waals surface area contributed by atoms with Gasteiger partial charge in [0.2, 0.25) is 0 Å². The molecule has 1 N–H and O–H groups in total. The predicted octanol–water partition coefficient (Wildman–Crippen LogP) is 4.16. The third-order valence-corrected chi connectivity index (χ3v) is 7.29. The van der Waals surface area contributed by atoms with E-state index in [1.807, 2.05) is 12.1 Å². The zero-order chi connectivity index (χ0) is 19.4. The summed E-state index contributed by atoms with van der Waals surface area (Å²) in [6.45, 7) is 1.54. The van der Waals surface area contributed by atoms with E-state index in [1.165, 1.54) is 44.1 Å². The lowest BCUT2D eigenvalue weighted by atomic mass is 9.49. The van der Waals surface area contributed by atoms with Gasteiger partial charge in [-0.3, -0.25) is 4.98 Å². The molecule has 5 heteroatoms. The number of aryl methyl sites for hydroxylation is 1. The minimum Gasteiger partial charge on any atom is -0.338 e. The molecular formula is C23H32N4O. The molecule has 0 saturated heterocycles. The van der Waals surface area contributed by atoms with E-state index in [0.29, 0.717) is 12.0 Å². The first kappa shape index (κ1) is 19.2. The fourth-order valence-electron chi connectivity index (χ4n) is 6.46. The van der Waals surface area contributed by atoms with Crippen molar-refractivity contribution in [3.8, 4) is 6.07 Å². The Kier molecular flexibility index (Phi) is 5.85. The number of hydrogen-bond acceptors (Lipinski definition) is 3. The van der Waals surface area contributed by atoms with Crippen LogP contribution >= 0.6 is 0 Å². The van der Waals surface area contributed by atoms with Crippen LogP contribution in [-0.2, 0) is 6.42 Å². The predicted molar refractivity (Wildman–Crippen MR) is 108 cm³/mol. The second-order valence-corrected chi connectivity index (χ2v) is 9.44. The molecule has 0 spiro atoms. The molecule has 5 rings (SSSR count). The number of carbonyl (C=O) groups excluding carboxylic acids is 1. The Hall–Kier alpha value is -2.09. The molecule has 5 nitrogen and oxygen atoms in total. The number of nitriles is 1. The summed E-state index contributed by atoms with van der Waals surface area (Å²) in [5.74, 6) is 2.79. The summed E-state index contributed by atoms with van der Waals surface area (Å²) in [5.41, 5.74) is 1.68. The number of hydrogen-bond donors (Lipinski definition) is 1. The van der Waals surface area contributed by atoms with Crippen molar-refractivity contribution in [2.75, 3.05) is 19.6 Å². The monoisotopic (exact) mass is 380 g/mol. The van der Waals surface area contributed by atoms with E-state index >= 15 is 0 Å². The molecule has 1 heterocycles. The van der Waals surface area contributed by atoms with Crippen LogP contribution in [-0.4, -0.2) is 35.5 Å². The first-order valence-electron chi connectivity index (χ1n) is 10.9. The summed E-state index contributed by atoms with van der Waals surface area (Å²) in [5, 5.41) is 12.2. The highest BCUT2D eigenvalue weighted by Crippen LogP contribution is 2.61. The molecular weight excluding hydrogens is 348 g/mol. The topological polar surface area (TPSA) is 69.0 Å².